The molecule has 1 atom stereocenters. The molecule has 1 aromatic carbocycles. The van der Waals surface area contributed by atoms with E-state index in [4.69, 9.17) is 9.47 Å². The molecule has 1 saturated heterocycles. The molecule has 1 unspecified atom stereocenters. The third kappa shape index (κ3) is 4.57. The number of benzene rings is 1. The molecule has 8 heteroatoms. The molecule has 3 heterocycles. The molecule has 1 fully saturated rings. The number of hydrogen-bond donors (Lipinski definition) is 0. The molecule has 0 bridgehead atoms. The highest BCUT2D eigenvalue weighted by Crippen LogP contribution is 2.25. The molecule has 0 N–H and O–H groups in total. The lowest BCUT2D eigenvalue weighted by atomic mass is 10.1. The number of ether oxygens (including phenoxy) is 2. The molecule has 0 spiro atoms. The largest absolute Gasteiger partial charge is 0.497 e. The molecule has 1 amide bonds. The summed E-state index contributed by atoms with van der Waals surface area (Å²) in [5.41, 5.74) is 3.09. The Morgan fingerprint density at radius 1 is 1.12 bits per heavy atom. The van der Waals surface area contributed by atoms with Crippen LogP contribution >= 0.6 is 11.3 Å². The van der Waals surface area contributed by atoms with Gasteiger partial charge >= 0.3 is 5.97 Å². The molecule has 2 aromatic heterocycles. The van der Waals surface area contributed by atoms with Crippen molar-refractivity contribution in [2.75, 3.05) is 20.3 Å². The number of carbonyl (C=O) groups excluding carboxylic acids is 3. The van der Waals surface area contributed by atoms with Crippen molar-refractivity contribution in [3.63, 3.8) is 0 Å². The molecule has 4 rings (SSSR count). The van der Waals surface area contributed by atoms with E-state index < -0.39 is 12.0 Å². The van der Waals surface area contributed by atoms with E-state index in [2.05, 4.69) is 0 Å². The number of carbonyl (C=O) groups is 3. The fourth-order valence-electron chi connectivity index (χ4n) is 4.28. The first-order valence-electron chi connectivity index (χ1n) is 10.8. The zero-order valence-corrected chi connectivity index (χ0v) is 19.7. The average Bonchev–Trinajstić information content (AvgIpc) is 3.58. The number of thiophene rings is 1. The number of nitrogens with zero attached hydrogens (tertiary/aromatic N) is 2. The standard InChI is InChI=1S/C25H26N2O5S/c1-16-14-20(17(2)27(16)18-8-10-19(31-3)11-9-18)22(28)15-32-25(30)21-6-4-12-26(21)24(29)23-7-5-13-33-23/h5,7-11,13-14,21H,4,6,12,15H2,1-3H3. The molecule has 1 aliphatic heterocycles. The van der Waals surface area contributed by atoms with Gasteiger partial charge in [0.25, 0.3) is 5.91 Å². The van der Waals surface area contributed by atoms with Crippen molar-refractivity contribution in [1.29, 1.82) is 0 Å². The minimum absolute atomic E-state index is 0.168. The molecule has 3 aromatic rings. The molecule has 7 nitrogen and oxygen atoms in total. The van der Waals surface area contributed by atoms with Crippen molar-refractivity contribution >= 4 is 29.0 Å². The molecular formula is C25H26N2O5S. The number of amides is 1. The molecular weight excluding hydrogens is 440 g/mol. The van der Waals surface area contributed by atoms with Crippen molar-refractivity contribution in [2.24, 2.45) is 0 Å². The Morgan fingerprint density at radius 2 is 1.88 bits per heavy atom. The second-order valence-corrected chi connectivity index (χ2v) is 8.93. The average molecular weight is 467 g/mol. The Bertz CT molecular complexity index is 1160. The second kappa shape index (κ2) is 9.62. The van der Waals surface area contributed by atoms with Crippen LogP contribution in [0.2, 0.25) is 0 Å². The quantitative estimate of drug-likeness (QED) is 0.385. The smallest absolute Gasteiger partial charge is 0.329 e. The Morgan fingerprint density at radius 3 is 2.55 bits per heavy atom. The number of aromatic nitrogens is 1. The highest BCUT2D eigenvalue weighted by Gasteiger charge is 2.36. The number of aryl methyl sites for hydroxylation is 1. The van der Waals surface area contributed by atoms with Gasteiger partial charge in [-0.15, -0.1) is 11.3 Å². The summed E-state index contributed by atoms with van der Waals surface area (Å²) in [5, 5.41) is 1.83. The van der Waals surface area contributed by atoms with E-state index in [0.29, 0.717) is 23.4 Å². The number of methoxy groups -OCH3 is 1. The minimum Gasteiger partial charge on any atom is -0.497 e. The van der Waals surface area contributed by atoms with E-state index in [1.54, 1.807) is 24.1 Å². The van der Waals surface area contributed by atoms with E-state index in [1.165, 1.54) is 11.3 Å². The lowest BCUT2D eigenvalue weighted by Crippen LogP contribution is -2.41. The molecule has 0 aliphatic carbocycles. The SMILES string of the molecule is COc1ccc(-n2c(C)cc(C(=O)COC(=O)C3CCCN3C(=O)c3cccs3)c2C)cc1. The van der Waals surface area contributed by atoms with Gasteiger partial charge in [-0.25, -0.2) is 4.79 Å². The summed E-state index contributed by atoms with van der Waals surface area (Å²) in [6.07, 6.45) is 1.27. The van der Waals surface area contributed by atoms with E-state index in [0.717, 1.165) is 29.2 Å². The molecule has 0 radical (unpaired) electrons. The fourth-order valence-corrected chi connectivity index (χ4v) is 4.96. The van der Waals surface area contributed by atoms with Crippen LogP contribution in [0.4, 0.5) is 0 Å². The van der Waals surface area contributed by atoms with Crippen LogP contribution in [0.1, 0.15) is 44.3 Å². The maximum Gasteiger partial charge on any atom is 0.329 e. The van der Waals surface area contributed by atoms with Crippen LogP contribution < -0.4 is 4.74 Å². The van der Waals surface area contributed by atoms with E-state index >= 15 is 0 Å². The molecule has 33 heavy (non-hydrogen) atoms. The topological polar surface area (TPSA) is 77.8 Å². The lowest BCUT2D eigenvalue weighted by Gasteiger charge is -2.22. The van der Waals surface area contributed by atoms with Crippen molar-refractivity contribution in [1.82, 2.24) is 9.47 Å². The van der Waals surface area contributed by atoms with Crippen LogP contribution in [-0.2, 0) is 9.53 Å². The van der Waals surface area contributed by atoms with Crippen LogP contribution in [0.15, 0.2) is 47.8 Å². The van der Waals surface area contributed by atoms with Crippen LogP contribution in [0.25, 0.3) is 5.69 Å². The highest BCUT2D eigenvalue weighted by molar-refractivity contribution is 7.12. The van der Waals surface area contributed by atoms with Crippen molar-refractivity contribution in [3.8, 4) is 11.4 Å². The number of hydrogen-bond acceptors (Lipinski definition) is 6. The summed E-state index contributed by atoms with van der Waals surface area (Å²) in [5.74, 6) is -0.221. The predicted molar refractivity (Wildman–Crippen MR) is 125 cm³/mol. The van der Waals surface area contributed by atoms with Gasteiger partial charge in [0.1, 0.15) is 11.8 Å². The number of ketones is 1. The Hall–Kier alpha value is -3.39. The number of esters is 1. The van der Waals surface area contributed by atoms with Gasteiger partial charge in [0.2, 0.25) is 5.78 Å². The van der Waals surface area contributed by atoms with Gasteiger partial charge in [0, 0.05) is 29.2 Å². The first-order valence-corrected chi connectivity index (χ1v) is 11.7. The minimum atomic E-state index is -0.654. The van der Waals surface area contributed by atoms with Crippen molar-refractivity contribution in [2.45, 2.75) is 32.7 Å². The van der Waals surface area contributed by atoms with Gasteiger partial charge < -0.3 is 18.9 Å². The first-order chi connectivity index (χ1) is 15.9. The van der Waals surface area contributed by atoms with Crippen LogP contribution in [0.3, 0.4) is 0 Å². The Balaban J connectivity index is 1.43. The maximum absolute atomic E-state index is 12.9. The van der Waals surface area contributed by atoms with E-state index in [9.17, 15) is 14.4 Å². The van der Waals surface area contributed by atoms with Crippen molar-refractivity contribution < 1.29 is 23.9 Å². The second-order valence-electron chi connectivity index (χ2n) is 7.98. The summed E-state index contributed by atoms with van der Waals surface area (Å²) in [6, 6.07) is 12.3. The van der Waals surface area contributed by atoms with Crippen molar-refractivity contribution in [3.05, 3.63) is 69.7 Å². The van der Waals surface area contributed by atoms with Crippen LogP contribution in [0, 0.1) is 13.8 Å². The van der Waals surface area contributed by atoms with Gasteiger partial charge in [0.15, 0.2) is 6.61 Å². The van der Waals surface area contributed by atoms with Crippen LogP contribution in [0.5, 0.6) is 5.75 Å². The summed E-state index contributed by atoms with van der Waals surface area (Å²) in [4.78, 5) is 40.5. The normalized spacial score (nSPS) is 15.5. The van der Waals surface area contributed by atoms with Gasteiger partial charge in [-0.1, -0.05) is 6.07 Å². The highest BCUT2D eigenvalue weighted by atomic mass is 32.1. The Labute approximate surface area is 196 Å². The van der Waals surface area contributed by atoms with E-state index in [1.807, 2.05) is 54.1 Å². The number of likely N-dealkylation sites (tertiary alicyclic amines) is 1. The zero-order valence-electron chi connectivity index (χ0n) is 18.9. The van der Waals surface area contributed by atoms with Gasteiger partial charge in [-0.3, -0.25) is 9.59 Å². The first kappa shape index (κ1) is 22.8. The van der Waals surface area contributed by atoms with Gasteiger partial charge in [-0.05, 0) is 68.5 Å². The van der Waals surface area contributed by atoms with E-state index in [-0.39, 0.29) is 18.3 Å². The third-order valence-corrected chi connectivity index (χ3v) is 6.78. The lowest BCUT2D eigenvalue weighted by molar-refractivity contribution is -0.147. The molecule has 172 valence electrons. The zero-order chi connectivity index (χ0) is 23.5. The summed E-state index contributed by atoms with van der Waals surface area (Å²) in [6.45, 7) is 3.94. The summed E-state index contributed by atoms with van der Waals surface area (Å²) >= 11 is 1.35. The Kier molecular flexibility index (Phi) is 6.65. The fraction of sp³-hybridized carbons (Fsp3) is 0.320. The van der Waals surface area contributed by atoms with Crippen LogP contribution in [-0.4, -0.2) is 53.4 Å². The third-order valence-electron chi connectivity index (χ3n) is 5.93. The molecule has 0 saturated carbocycles. The van der Waals surface area contributed by atoms with Gasteiger partial charge in [-0.2, -0.15) is 0 Å². The number of rotatable bonds is 7. The summed E-state index contributed by atoms with van der Waals surface area (Å²) in [7, 11) is 1.61. The molecule has 1 aliphatic rings. The monoisotopic (exact) mass is 466 g/mol. The predicted octanol–water partition coefficient (Wildman–Crippen LogP) is 4.19. The maximum atomic E-state index is 12.9. The number of Topliss-reactive ketones (excluding diaryl/α,β-unsaturated/α-hetero) is 1. The van der Waals surface area contributed by atoms with Gasteiger partial charge in [0.05, 0.1) is 12.0 Å². The summed E-state index contributed by atoms with van der Waals surface area (Å²) < 4.78 is 12.6.